The lowest BCUT2D eigenvalue weighted by molar-refractivity contribution is -0.243. The van der Waals surface area contributed by atoms with E-state index in [9.17, 15) is 14.4 Å². The summed E-state index contributed by atoms with van der Waals surface area (Å²) in [6.07, 6.45) is 0.907. The largest absolute Gasteiger partial charge is 0.465 e. The molecule has 3 fully saturated rings. The predicted molar refractivity (Wildman–Crippen MR) is 117 cm³/mol. The number of hydrogen-bond donors (Lipinski definition) is 0. The van der Waals surface area contributed by atoms with E-state index in [1.54, 1.807) is 11.8 Å². The van der Waals surface area contributed by atoms with Crippen LogP contribution in [0, 0.1) is 5.41 Å². The maximum atomic E-state index is 14.1. The second-order valence-electron chi connectivity index (χ2n) is 9.78. The smallest absolute Gasteiger partial charge is 0.319 e. The average Bonchev–Trinajstić information content (AvgIpc) is 3.50. The van der Waals surface area contributed by atoms with Gasteiger partial charge in [0.05, 0.1) is 25.4 Å². The first-order chi connectivity index (χ1) is 16.9. The summed E-state index contributed by atoms with van der Waals surface area (Å²) in [4.78, 5) is 42.2. The van der Waals surface area contributed by atoms with Gasteiger partial charge in [0.25, 0.3) is 5.91 Å². The highest BCUT2D eigenvalue weighted by atomic mass is 16.7. The third-order valence-electron chi connectivity index (χ3n) is 8.16. The van der Waals surface area contributed by atoms with E-state index in [1.165, 1.54) is 6.92 Å². The van der Waals surface area contributed by atoms with Crippen molar-refractivity contribution < 1.29 is 42.8 Å². The Morgan fingerprint density at radius 3 is 2.60 bits per heavy atom. The van der Waals surface area contributed by atoms with Gasteiger partial charge in [0.2, 0.25) is 6.79 Å². The number of nitrogens with zero attached hydrogens (tertiary/aromatic N) is 1. The molecule has 1 saturated carbocycles. The number of aryl methyl sites for hydroxylation is 1. The summed E-state index contributed by atoms with van der Waals surface area (Å²) in [5.41, 5.74) is -0.903. The van der Waals surface area contributed by atoms with Crippen molar-refractivity contribution in [2.24, 2.45) is 5.41 Å². The van der Waals surface area contributed by atoms with Gasteiger partial charge < -0.3 is 33.3 Å². The Bertz CT molecular complexity index is 1100. The van der Waals surface area contributed by atoms with E-state index in [1.807, 2.05) is 12.1 Å². The maximum Gasteiger partial charge on any atom is 0.319 e. The van der Waals surface area contributed by atoms with Crippen molar-refractivity contribution in [3.63, 3.8) is 0 Å². The molecule has 0 bridgehead atoms. The number of carbonyl (C=O) groups is 3. The van der Waals surface area contributed by atoms with Crippen molar-refractivity contribution in [1.29, 1.82) is 0 Å². The minimum atomic E-state index is -1.57. The molecule has 0 N–H and O–H groups in total. The molecule has 3 atom stereocenters. The number of hydrogen-bond acceptors (Lipinski definition) is 9. The molecule has 0 aromatic heterocycles. The monoisotopic (exact) mass is 487 g/mol. The molecule has 1 amide bonds. The lowest BCUT2D eigenvalue weighted by Gasteiger charge is -2.54. The third kappa shape index (κ3) is 2.92. The van der Waals surface area contributed by atoms with Crippen LogP contribution in [0.5, 0.6) is 11.5 Å². The first-order valence-corrected chi connectivity index (χ1v) is 12.2. The third-order valence-corrected chi connectivity index (χ3v) is 8.16. The van der Waals surface area contributed by atoms with Crippen molar-refractivity contribution in [1.82, 2.24) is 4.90 Å². The maximum absolute atomic E-state index is 14.1. The number of amides is 1. The Labute approximate surface area is 202 Å². The number of fused-ring (bicyclic) bond motifs is 2. The zero-order valence-electron chi connectivity index (χ0n) is 19.9. The Balaban J connectivity index is 1.64. The van der Waals surface area contributed by atoms with Crippen LogP contribution in [0.25, 0.3) is 0 Å². The lowest BCUT2D eigenvalue weighted by atomic mass is 9.55. The summed E-state index contributed by atoms with van der Waals surface area (Å²) < 4.78 is 34.8. The Morgan fingerprint density at radius 1 is 1.14 bits per heavy atom. The Kier molecular flexibility index (Phi) is 5.05. The molecule has 2 spiro atoms. The minimum Gasteiger partial charge on any atom is -0.465 e. The van der Waals surface area contributed by atoms with E-state index < -0.39 is 40.7 Å². The molecule has 35 heavy (non-hydrogen) atoms. The molecule has 4 aliphatic heterocycles. The molecule has 1 aliphatic carbocycles. The van der Waals surface area contributed by atoms with Crippen LogP contribution in [-0.4, -0.2) is 67.8 Å². The van der Waals surface area contributed by atoms with E-state index in [4.69, 9.17) is 28.4 Å². The van der Waals surface area contributed by atoms with Gasteiger partial charge in [-0.05, 0) is 49.4 Å². The van der Waals surface area contributed by atoms with Crippen LogP contribution in [0.2, 0.25) is 0 Å². The number of ether oxygens (including phenoxy) is 6. The molecule has 10 nitrogen and oxygen atoms in total. The second kappa shape index (κ2) is 7.83. The summed E-state index contributed by atoms with van der Waals surface area (Å²) in [5.74, 6) is -1.48. The molecule has 0 radical (unpaired) electrons. The van der Waals surface area contributed by atoms with Gasteiger partial charge in [-0.1, -0.05) is 0 Å². The summed E-state index contributed by atoms with van der Waals surface area (Å²) in [5, 5.41) is 0. The molecule has 0 unspecified atom stereocenters. The number of esters is 2. The topological polar surface area (TPSA) is 110 Å². The highest BCUT2D eigenvalue weighted by molar-refractivity contribution is 5.98. The summed E-state index contributed by atoms with van der Waals surface area (Å²) in [6, 6.07) is 3.84. The minimum absolute atomic E-state index is 0.0346. The van der Waals surface area contributed by atoms with Gasteiger partial charge >= 0.3 is 11.9 Å². The predicted octanol–water partition coefficient (Wildman–Crippen LogP) is 1.81. The van der Waals surface area contributed by atoms with E-state index >= 15 is 0 Å². The van der Waals surface area contributed by atoms with E-state index in [0.29, 0.717) is 56.9 Å². The molecular formula is C25H29NO9. The summed E-state index contributed by atoms with van der Waals surface area (Å²) in [6.45, 7) is 4.37. The van der Waals surface area contributed by atoms with Crippen LogP contribution < -0.4 is 9.47 Å². The molecule has 6 rings (SSSR count). The molecule has 188 valence electrons. The molecular weight excluding hydrogens is 458 g/mol. The quantitative estimate of drug-likeness (QED) is 0.590. The van der Waals surface area contributed by atoms with Gasteiger partial charge in [-0.3, -0.25) is 14.4 Å². The SMILES string of the molecule is CCOC(=O)[C@@]12CC3(CC[C@@]14c1cc5c(cc1CCCN4C(=O)[C@@H]2OC(C)=O)OCO5)OCCO3. The first-order valence-electron chi connectivity index (χ1n) is 12.2. The average molecular weight is 488 g/mol. The van der Waals surface area contributed by atoms with Gasteiger partial charge in [-0.2, -0.15) is 0 Å². The van der Waals surface area contributed by atoms with Crippen molar-refractivity contribution >= 4 is 17.8 Å². The van der Waals surface area contributed by atoms with Crippen molar-refractivity contribution in [3.05, 3.63) is 23.3 Å². The van der Waals surface area contributed by atoms with Crippen LogP contribution in [0.3, 0.4) is 0 Å². The Morgan fingerprint density at radius 2 is 1.89 bits per heavy atom. The van der Waals surface area contributed by atoms with E-state index in [2.05, 4.69) is 0 Å². The zero-order chi connectivity index (χ0) is 24.4. The fourth-order valence-corrected chi connectivity index (χ4v) is 6.97. The van der Waals surface area contributed by atoms with Crippen LogP contribution in [0.1, 0.15) is 50.7 Å². The molecule has 4 heterocycles. The standard InChI is InChI=1S/C25H29NO9/c1-3-30-22(29)24-13-23(33-9-10-34-23)6-7-25(24)17-12-19-18(31-14-32-19)11-16(17)5-4-8-26(25)21(28)20(24)35-15(2)27/h11-12,20H,3-10,13-14H2,1-2H3/t20-,24-,25+/m0/s1. The Hall–Kier alpha value is -2.85. The van der Waals surface area contributed by atoms with Crippen molar-refractivity contribution in [3.8, 4) is 11.5 Å². The zero-order valence-corrected chi connectivity index (χ0v) is 19.9. The van der Waals surface area contributed by atoms with Gasteiger partial charge in [0.1, 0.15) is 5.41 Å². The normalized spacial score (nSPS) is 32.0. The first kappa shape index (κ1) is 22.6. The molecule has 10 heteroatoms. The fourth-order valence-electron chi connectivity index (χ4n) is 6.97. The van der Waals surface area contributed by atoms with Gasteiger partial charge in [0, 0.05) is 26.3 Å². The molecule has 1 aromatic carbocycles. The summed E-state index contributed by atoms with van der Waals surface area (Å²) >= 11 is 0. The number of rotatable bonds is 3. The van der Waals surface area contributed by atoms with Crippen LogP contribution in [0.15, 0.2) is 12.1 Å². The highest BCUT2D eigenvalue weighted by Crippen LogP contribution is 2.66. The molecule has 5 aliphatic rings. The second-order valence-corrected chi connectivity index (χ2v) is 9.78. The van der Waals surface area contributed by atoms with Gasteiger partial charge in [-0.15, -0.1) is 0 Å². The van der Waals surface area contributed by atoms with E-state index in [-0.39, 0.29) is 19.8 Å². The van der Waals surface area contributed by atoms with Crippen LogP contribution >= 0.6 is 0 Å². The van der Waals surface area contributed by atoms with Gasteiger partial charge in [-0.25, -0.2) is 0 Å². The molecule has 1 aromatic rings. The van der Waals surface area contributed by atoms with Gasteiger partial charge in [0.15, 0.2) is 23.4 Å². The van der Waals surface area contributed by atoms with E-state index in [0.717, 1.165) is 11.1 Å². The fraction of sp³-hybridized carbons (Fsp3) is 0.640. The molecule has 2 saturated heterocycles. The van der Waals surface area contributed by atoms with Crippen LogP contribution in [-0.2, 0) is 45.3 Å². The lowest BCUT2D eigenvalue weighted by Crippen LogP contribution is -2.64. The van der Waals surface area contributed by atoms with Crippen molar-refractivity contribution in [2.75, 3.05) is 33.2 Å². The number of benzene rings is 1. The number of carbonyl (C=O) groups excluding carboxylic acids is 3. The summed E-state index contributed by atoms with van der Waals surface area (Å²) in [7, 11) is 0. The highest BCUT2D eigenvalue weighted by Gasteiger charge is 2.79. The van der Waals surface area contributed by atoms with Crippen molar-refractivity contribution in [2.45, 2.75) is 63.4 Å². The van der Waals surface area contributed by atoms with Crippen LogP contribution in [0.4, 0.5) is 0 Å².